The summed E-state index contributed by atoms with van der Waals surface area (Å²) in [5.74, 6) is 1.11. The summed E-state index contributed by atoms with van der Waals surface area (Å²) in [6, 6.07) is 9.51. The Morgan fingerprint density at radius 3 is 2.79 bits per heavy atom. The van der Waals surface area contributed by atoms with Gasteiger partial charge in [-0.1, -0.05) is 24.2 Å². The van der Waals surface area contributed by atoms with Crippen molar-refractivity contribution in [2.45, 2.75) is 39.0 Å². The van der Waals surface area contributed by atoms with Crippen molar-refractivity contribution in [2.75, 3.05) is 18.4 Å². The Labute approximate surface area is 170 Å². The van der Waals surface area contributed by atoms with Crippen molar-refractivity contribution >= 4 is 11.7 Å². The zero-order valence-electron chi connectivity index (χ0n) is 17.0. The number of anilines is 1. The molecule has 1 saturated heterocycles. The normalized spacial score (nSPS) is 19.2. The molecule has 150 valence electrons. The van der Waals surface area contributed by atoms with Crippen LogP contribution in [-0.4, -0.2) is 39.1 Å². The monoisotopic (exact) mass is 391 g/mol. The van der Waals surface area contributed by atoms with E-state index in [1.54, 1.807) is 12.4 Å². The van der Waals surface area contributed by atoms with Gasteiger partial charge in [-0.25, -0.2) is 4.79 Å². The van der Waals surface area contributed by atoms with Gasteiger partial charge in [-0.3, -0.25) is 4.98 Å². The highest BCUT2D eigenvalue weighted by Gasteiger charge is 2.38. The molecule has 7 nitrogen and oxygen atoms in total. The highest BCUT2D eigenvalue weighted by Crippen LogP contribution is 2.33. The van der Waals surface area contributed by atoms with Gasteiger partial charge < -0.3 is 14.7 Å². The molecule has 2 amide bonds. The SMILES string of the molecule is Cc1cccc(NC(=O)N2CCCC(C)(c3noc(-c4ccncc4)n3)C2)c1C. The molecule has 1 aliphatic heterocycles. The van der Waals surface area contributed by atoms with Gasteiger partial charge >= 0.3 is 6.03 Å². The maximum Gasteiger partial charge on any atom is 0.321 e. The number of amides is 2. The van der Waals surface area contributed by atoms with Gasteiger partial charge in [0.05, 0.1) is 0 Å². The lowest BCUT2D eigenvalue weighted by molar-refractivity contribution is 0.161. The molecule has 3 aromatic rings. The fourth-order valence-corrected chi connectivity index (χ4v) is 3.76. The first-order valence-electron chi connectivity index (χ1n) is 9.83. The number of aromatic nitrogens is 3. The van der Waals surface area contributed by atoms with E-state index in [4.69, 9.17) is 4.52 Å². The highest BCUT2D eigenvalue weighted by atomic mass is 16.5. The zero-order valence-corrected chi connectivity index (χ0v) is 17.0. The van der Waals surface area contributed by atoms with Gasteiger partial charge in [-0.15, -0.1) is 0 Å². The molecule has 0 spiro atoms. The summed E-state index contributed by atoms with van der Waals surface area (Å²) >= 11 is 0. The molecular formula is C22H25N5O2. The standard InChI is InChI=1S/C22H25N5O2/c1-15-6-4-7-18(16(15)2)24-21(28)27-13-5-10-22(3,14-27)20-25-19(29-26-20)17-8-11-23-12-9-17/h4,6-9,11-12H,5,10,13-14H2,1-3H3,(H,24,28). The van der Waals surface area contributed by atoms with Crippen molar-refractivity contribution in [3.8, 4) is 11.5 Å². The van der Waals surface area contributed by atoms with Crippen LogP contribution in [0.5, 0.6) is 0 Å². The molecule has 1 atom stereocenters. The lowest BCUT2D eigenvalue weighted by atomic mass is 9.81. The molecule has 7 heteroatoms. The first-order chi connectivity index (χ1) is 14.0. The third kappa shape index (κ3) is 3.85. The Morgan fingerprint density at radius 2 is 2.00 bits per heavy atom. The fraction of sp³-hybridized carbons (Fsp3) is 0.364. The van der Waals surface area contributed by atoms with E-state index in [2.05, 4.69) is 27.4 Å². The van der Waals surface area contributed by atoms with Crippen LogP contribution in [-0.2, 0) is 5.41 Å². The molecule has 0 bridgehead atoms. The number of carbonyl (C=O) groups excluding carboxylic acids is 1. The van der Waals surface area contributed by atoms with Crippen molar-refractivity contribution in [3.63, 3.8) is 0 Å². The van der Waals surface area contributed by atoms with Crippen molar-refractivity contribution in [1.29, 1.82) is 0 Å². The summed E-state index contributed by atoms with van der Waals surface area (Å²) in [5, 5.41) is 7.28. The lowest BCUT2D eigenvalue weighted by Gasteiger charge is -2.38. The molecular weight excluding hydrogens is 366 g/mol. The summed E-state index contributed by atoms with van der Waals surface area (Å²) in [6.45, 7) is 7.40. The van der Waals surface area contributed by atoms with Crippen LogP contribution < -0.4 is 5.32 Å². The number of likely N-dealkylation sites (tertiary alicyclic amines) is 1. The first-order valence-corrected chi connectivity index (χ1v) is 9.83. The average Bonchev–Trinajstić information content (AvgIpc) is 3.23. The molecule has 1 unspecified atom stereocenters. The van der Waals surface area contributed by atoms with E-state index in [0.717, 1.165) is 35.2 Å². The Balaban J connectivity index is 1.51. The van der Waals surface area contributed by atoms with E-state index < -0.39 is 0 Å². The van der Waals surface area contributed by atoms with Crippen LogP contribution in [0, 0.1) is 13.8 Å². The van der Waals surface area contributed by atoms with E-state index in [-0.39, 0.29) is 11.4 Å². The van der Waals surface area contributed by atoms with E-state index in [1.165, 1.54) is 0 Å². The topological polar surface area (TPSA) is 84.2 Å². The maximum atomic E-state index is 12.9. The number of benzene rings is 1. The number of nitrogens with zero attached hydrogens (tertiary/aromatic N) is 4. The van der Waals surface area contributed by atoms with Gasteiger partial charge in [0.1, 0.15) is 0 Å². The quantitative estimate of drug-likeness (QED) is 0.718. The van der Waals surface area contributed by atoms with E-state index in [9.17, 15) is 4.79 Å². The van der Waals surface area contributed by atoms with E-state index >= 15 is 0 Å². The van der Waals surface area contributed by atoms with Gasteiger partial charge in [-0.05, 0) is 56.0 Å². The molecule has 2 aromatic heterocycles. The molecule has 0 aliphatic carbocycles. The zero-order chi connectivity index (χ0) is 20.4. The molecule has 1 aliphatic rings. The number of nitrogens with one attached hydrogen (secondary N) is 1. The van der Waals surface area contributed by atoms with Crippen LogP contribution in [0.1, 0.15) is 36.7 Å². The highest BCUT2D eigenvalue weighted by molar-refractivity contribution is 5.90. The first kappa shape index (κ1) is 19.1. The molecule has 3 heterocycles. The average molecular weight is 391 g/mol. The number of urea groups is 1. The van der Waals surface area contributed by atoms with E-state index in [0.29, 0.717) is 24.8 Å². The third-order valence-corrected chi connectivity index (χ3v) is 5.72. The number of rotatable bonds is 3. The van der Waals surface area contributed by atoms with Gasteiger partial charge in [-0.2, -0.15) is 4.98 Å². The summed E-state index contributed by atoms with van der Waals surface area (Å²) < 4.78 is 5.48. The number of piperidine rings is 1. The van der Waals surface area contributed by atoms with Gasteiger partial charge in [0.2, 0.25) is 0 Å². The molecule has 1 fully saturated rings. The Kier molecular flexibility index (Phi) is 5.05. The summed E-state index contributed by atoms with van der Waals surface area (Å²) in [4.78, 5) is 23.4. The second-order valence-electron chi connectivity index (χ2n) is 7.92. The van der Waals surface area contributed by atoms with E-state index in [1.807, 2.05) is 49.1 Å². The minimum Gasteiger partial charge on any atom is -0.334 e. The van der Waals surface area contributed by atoms with Crippen LogP contribution >= 0.6 is 0 Å². The van der Waals surface area contributed by atoms with Crippen molar-refractivity contribution in [1.82, 2.24) is 20.0 Å². The molecule has 0 radical (unpaired) electrons. The van der Waals surface area contributed by atoms with Crippen LogP contribution in [0.15, 0.2) is 47.2 Å². The molecule has 4 rings (SSSR count). The van der Waals surface area contributed by atoms with Crippen LogP contribution in [0.2, 0.25) is 0 Å². The largest absolute Gasteiger partial charge is 0.334 e. The predicted molar refractivity (Wildman–Crippen MR) is 111 cm³/mol. The minimum atomic E-state index is -0.355. The van der Waals surface area contributed by atoms with Gasteiger partial charge in [0, 0.05) is 42.1 Å². The molecule has 1 aromatic carbocycles. The van der Waals surface area contributed by atoms with Crippen LogP contribution in [0.25, 0.3) is 11.5 Å². The van der Waals surface area contributed by atoms with Gasteiger partial charge in [0.15, 0.2) is 5.82 Å². The molecule has 29 heavy (non-hydrogen) atoms. The summed E-state index contributed by atoms with van der Waals surface area (Å²) in [6.07, 6.45) is 5.17. The predicted octanol–water partition coefficient (Wildman–Crippen LogP) is 4.33. The number of hydrogen-bond acceptors (Lipinski definition) is 5. The second-order valence-corrected chi connectivity index (χ2v) is 7.92. The summed E-state index contributed by atoms with van der Waals surface area (Å²) in [7, 11) is 0. The molecule has 1 N–H and O–H groups in total. The number of pyridine rings is 1. The Hall–Kier alpha value is -3.22. The fourth-order valence-electron chi connectivity index (χ4n) is 3.76. The molecule has 0 saturated carbocycles. The van der Waals surface area contributed by atoms with Crippen molar-refractivity contribution < 1.29 is 9.32 Å². The van der Waals surface area contributed by atoms with Gasteiger partial charge in [0.25, 0.3) is 5.89 Å². The number of aryl methyl sites for hydroxylation is 1. The lowest BCUT2D eigenvalue weighted by Crippen LogP contribution is -2.49. The van der Waals surface area contributed by atoms with Crippen molar-refractivity contribution in [2.24, 2.45) is 0 Å². The Morgan fingerprint density at radius 1 is 1.21 bits per heavy atom. The minimum absolute atomic E-state index is 0.0949. The summed E-state index contributed by atoms with van der Waals surface area (Å²) in [5.41, 5.74) is 3.57. The van der Waals surface area contributed by atoms with Crippen LogP contribution in [0.4, 0.5) is 10.5 Å². The maximum absolute atomic E-state index is 12.9. The smallest absolute Gasteiger partial charge is 0.321 e. The number of carbonyl (C=O) groups is 1. The number of hydrogen-bond donors (Lipinski definition) is 1. The second kappa shape index (κ2) is 7.66. The third-order valence-electron chi connectivity index (χ3n) is 5.72. The van der Waals surface area contributed by atoms with Crippen molar-refractivity contribution in [3.05, 3.63) is 59.7 Å². The van der Waals surface area contributed by atoms with Crippen LogP contribution in [0.3, 0.4) is 0 Å². The Bertz CT molecular complexity index is 1020.